The summed E-state index contributed by atoms with van der Waals surface area (Å²) in [4.78, 5) is 0. The fraction of sp³-hybridized carbons (Fsp3) is 0.133. The van der Waals surface area contributed by atoms with Crippen LogP contribution in [-0.4, -0.2) is 7.11 Å². The maximum absolute atomic E-state index is 5.95. The van der Waals surface area contributed by atoms with Crippen molar-refractivity contribution in [2.75, 3.05) is 12.8 Å². The molecule has 0 aromatic heterocycles. The molecule has 0 atom stereocenters. The Morgan fingerprint density at radius 2 is 1.89 bits per heavy atom. The molecule has 0 fully saturated rings. The lowest BCUT2D eigenvalue weighted by molar-refractivity contribution is 0.414. The summed E-state index contributed by atoms with van der Waals surface area (Å²) in [6.07, 6.45) is 2.88. The van der Waals surface area contributed by atoms with Gasteiger partial charge in [-0.25, -0.2) is 0 Å². The first-order chi connectivity index (χ1) is 8.69. The Morgan fingerprint density at radius 3 is 2.56 bits per heavy atom. The van der Waals surface area contributed by atoms with E-state index in [4.69, 9.17) is 22.1 Å². The number of anilines is 1. The lowest BCUT2D eigenvalue weighted by Gasteiger charge is -2.06. The van der Waals surface area contributed by atoms with Crippen LogP contribution in [0.2, 0.25) is 5.02 Å². The molecule has 0 aliphatic rings. The molecule has 0 bridgehead atoms. The Morgan fingerprint density at radius 1 is 1.17 bits per heavy atom. The van der Waals surface area contributed by atoms with E-state index in [2.05, 4.69) is 6.42 Å². The third kappa shape index (κ3) is 3.17. The zero-order valence-corrected chi connectivity index (χ0v) is 10.9. The summed E-state index contributed by atoms with van der Waals surface area (Å²) >= 11 is 5.95. The summed E-state index contributed by atoms with van der Waals surface area (Å²) < 4.78 is 5.12. The molecular formula is C15H15ClNO. The number of benzene rings is 2. The predicted molar refractivity (Wildman–Crippen MR) is 76.0 cm³/mol. The van der Waals surface area contributed by atoms with Gasteiger partial charge in [0.05, 0.1) is 7.11 Å². The fourth-order valence-electron chi connectivity index (χ4n) is 1.72. The number of nitrogens with two attached hydrogens (primary N) is 1. The summed E-state index contributed by atoms with van der Waals surface area (Å²) in [6.45, 7) is 0. The van der Waals surface area contributed by atoms with Crippen LogP contribution >= 0.6 is 11.6 Å². The van der Waals surface area contributed by atoms with Crippen LogP contribution in [-0.2, 0) is 6.42 Å². The van der Waals surface area contributed by atoms with Gasteiger partial charge in [0, 0.05) is 10.7 Å². The minimum atomic E-state index is 0.710. The predicted octanol–water partition coefficient (Wildman–Crippen LogP) is 3.73. The minimum Gasteiger partial charge on any atom is -0.497 e. The average Bonchev–Trinajstić information content (AvgIpc) is 2.40. The maximum Gasteiger partial charge on any atom is 0.118 e. The molecule has 0 saturated carbocycles. The van der Waals surface area contributed by atoms with Crippen LogP contribution in [0.25, 0.3) is 0 Å². The van der Waals surface area contributed by atoms with E-state index in [1.807, 2.05) is 36.4 Å². The Bertz CT molecular complexity index is 523. The highest BCUT2D eigenvalue weighted by atomic mass is 35.5. The summed E-state index contributed by atoms with van der Waals surface area (Å²) in [5, 5.41) is 0.710. The van der Waals surface area contributed by atoms with E-state index in [9.17, 15) is 0 Å². The van der Waals surface area contributed by atoms with Crippen LogP contribution in [0.4, 0.5) is 5.69 Å². The van der Waals surface area contributed by atoms with E-state index in [1.165, 1.54) is 0 Å². The summed E-state index contributed by atoms with van der Waals surface area (Å²) in [6, 6.07) is 13.4. The standard InChI is InChI=1S/C15H15ClNO/c1-18-14-7-3-11(4-8-14)2-5-12-10-13(16)6-9-15(12)17/h2-4,6-10H,5,17H2,1H3. The number of ether oxygens (including phenoxy) is 1. The van der Waals surface area contributed by atoms with E-state index in [0.29, 0.717) is 5.02 Å². The van der Waals surface area contributed by atoms with Crippen molar-refractivity contribution < 1.29 is 4.74 Å². The van der Waals surface area contributed by atoms with Crippen molar-refractivity contribution in [2.45, 2.75) is 6.42 Å². The third-order valence-electron chi connectivity index (χ3n) is 2.78. The molecule has 0 aliphatic carbocycles. The highest BCUT2D eigenvalue weighted by molar-refractivity contribution is 6.30. The first kappa shape index (κ1) is 12.8. The Balaban J connectivity index is 2.04. The monoisotopic (exact) mass is 260 g/mol. The van der Waals surface area contributed by atoms with Crippen LogP contribution in [0.5, 0.6) is 5.75 Å². The van der Waals surface area contributed by atoms with E-state index in [1.54, 1.807) is 13.2 Å². The molecule has 2 aromatic rings. The second-order valence-corrected chi connectivity index (χ2v) is 4.46. The molecule has 0 unspecified atom stereocenters. The van der Waals surface area contributed by atoms with Gasteiger partial charge in [-0.1, -0.05) is 23.7 Å². The van der Waals surface area contributed by atoms with Gasteiger partial charge >= 0.3 is 0 Å². The number of halogens is 1. The molecule has 18 heavy (non-hydrogen) atoms. The number of rotatable bonds is 4. The van der Waals surface area contributed by atoms with Gasteiger partial charge in [0.1, 0.15) is 5.75 Å². The van der Waals surface area contributed by atoms with Gasteiger partial charge < -0.3 is 10.5 Å². The zero-order chi connectivity index (χ0) is 13.0. The number of nitrogen functional groups attached to an aromatic ring is 1. The van der Waals surface area contributed by atoms with E-state index >= 15 is 0 Å². The SMILES string of the molecule is COc1ccc([CH]Cc2cc(Cl)ccc2N)cc1. The molecule has 93 valence electrons. The molecule has 0 spiro atoms. The van der Waals surface area contributed by atoms with Gasteiger partial charge in [0.15, 0.2) is 0 Å². The molecule has 2 nitrogen and oxygen atoms in total. The van der Waals surface area contributed by atoms with E-state index in [-0.39, 0.29) is 0 Å². The van der Waals surface area contributed by atoms with Gasteiger partial charge in [-0.05, 0) is 54.3 Å². The van der Waals surface area contributed by atoms with Crippen LogP contribution in [0, 0.1) is 6.42 Å². The summed E-state index contributed by atoms with van der Waals surface area (Å²) in [5.74, 6) is 0.856. The second kappa shape index (κ2) is 5.78. The quantitative estimate of drug-likeness (QED) is 0.851. The molecule has 0 aliphatic heterocycles. The maximum atomic E-state index is 5.95. The second-order valence-electron chi connectivity index (χ2n) is 4.02. The molecular weight excluding hydrogens is 246 g/mol. The molecule has 0 saturated heterocycles. The Labute approximate surface area is 112 Å². The molecule has 2 rings (SSSR count). The average molecular weight is 261 g/mol. The molecule has 2 aromatic carbocycles. The van der Waals surface area contributed by atoms with Gasteiger partial charge in [-0.3, -0.25) is 0 Å². The van der Waals surface area contributed by atoms with Crippen LogP contribution in [0.1, 0.15) is 11.1 Å². The highest BCUT2D eigenvalue weighted by Gasteiger charge is 2.02. The van der Waals surface area contributed by atoms with Gasteiger partial charge in [-0.15, -0.1) is 0 Å². The molecule has 3 heteroatoms. The van der Waals surface area contributed by atoms with Crippen LogP contribution in [0.15, 0.2) is 42.5 Å². The fourth-order valence-corrected chi connectivity index (χ4v) is 1.91. The first-order valence-electron chi connectivity index (χ1n) is 5.70. The smallest absolute Gasteiger partial charge is 0.118 e. The molecule has 1 radical (unpaired) electrons. The lowest BCUT2D eigenvalue weighted by Crippen LogP contribution is -1.95. The van der Waals surface area contributed by atoms with Gasteiger partial charge in [0.2, 0.25) is 0 Å². The van der Waals surface area contributed by atoms with E-state index < -0.39 is 0 Å². The topological polar surface area (TPSA) is 35.2 Å². The summed E-state index contributed by atoms with van der Waals surface area (Å²) in [5.41, 5.74) is 8.84. The van der Waals surface area contributed by atoms with Crippen molar-refractivity contribution in [2.24, 2.45) is 0 Å². The van der Waals surface area contributed by atoms with Crippen molar-refractivity contribution in [3.05, 3.63) is 65.0 Å². The van der Waals surface area contributed by atoms with E-state index in [0.717, 1.165) is 29.0 Å². The first-order valence-corrected chi connectivity index (χ1v) is 6.08. The lowest BCUT2D eigenvalue weighted by atomic mass is 10.0. The summed E-state index contributed by atoms with van der Waals surface area (Å²) in [7, 11) is 1.66. The molecule has 0 amide bonds. The number of hydrogen-bond donors (Lipinski definition) is 1. The Kier molecular flexibility index (Phi) is 4.11. The number of hydrogen-bond acceptors (Lipinski definition) is 2. The molecule has 0 heterocycles. The van der Waals surface area contributed by atoms with Crippen molar-refractivity contribution in [3.8, 4) is 5.75 Å². The Hall–Kier alpha value is -1.67. The molecule has 2 N–H and O–H groups in total. The van der Waals surface area contributed by atoms with Crippen LogP contribution in [0.3, 0.4) is 0 Å². The van der Waals surface area contributed by atoms with Crippen molar-refractivity contribution in [1.29, 1.82) is 0 Å². The third-order valence-corrected chi connectivity index (χ3v) is 3.01. The largest absolute Gasteiger partial charge is 0.497 e. The van der Waals surface area contributed by atoms with Crippen molar-refractivity contribution in [1.82, 2.24) is 0 Å². The zero-order valence-electron chi connectivity index (χ0n) is 10.2. The van der Waals surface area contributed by atoms with Crippen molar-refractivity contribution >= 4 is 17.3 Å². The van der Waals surface area contributed by atoms with Gasteiger partial charge in [0.25, 0.3) is 0 Å². The van der Waals surface area contributed by atoms with Crippen LogP contribution < -0.4 is 10.5 Å². The number of methoxy groups -OCH3 is 1. The highest BCUT2D eigenvalue weighted by Crippen LogP contribution is 2.21. The van der Waals surface area contributed by atoms with Gasteiger partial charge in [-0.2, -0.15) is 0 Å². The normalized spacial score (nSPS) is 10.3. The van der Waals surface area contributed by atoms with Crippen molar-refractivity contribution in [3.63, 3.8) is 0 Å². The minimum absolute atomic E-state index is 0.710.